The topological polar surface area (TPSA) is 95.6 Å². The Hall–Kier alpha value is -3.00. The maximum atomic E-state index is 13.1. The van der Waals surface area contributed by atoms with Gasteiger partial charge in [-0.05, 0) is 70.9 Å². The molecule has 0 fully saturated rings. The number of hydrogen-bond donors (Lipinski definition) is 2. The number of aryl methyl sites for hydroxylation is 3. The van der Waals surface area contributed by atoms with Crippen LogP contribution in [0.25, 0.3) is 0 Å². The summed E-state index contributed by atoms with van der Waals surface area (Å²) in [6.45, 7) is 11.1. The van der Waals surface area contributed by atoms with Gasteiger partial charge >= 0.3 is 0 Å². The molecule has 0 heterocycles. The van der Waals surface area contributed by atoms with Gasteiger partial charge in [-0.1, -0.05) is 29.8 Å². The number of carbonyl (C=O) groups excluding carboxylic acids is 3. The molecule has 178 valence electrons. The van der Waals surface area contributed by atoms with Crippen molar-refractivity contribution in [1.29, 1.82) is 0 Å². The average molecular weight is 472 g/mol. The van der Waals surface area contributed by atoms with Gasteiger partial charge < -0.3 is 15.5 Å². The van der Waals surface area contributed by atoms with E-state index < -0.39 is 28.2 Å². The van der Waals surface area contributed by atoms with Crippen LogP contribution in [-0.4, -0.2) is 45.5 Å². The van der Waals surface area contributed by atoms with Crippen molar-refractivity contribution < 1.29 is 18.6 Å². The largest absolute Gasteiger partial charge is 0.350 e. The summed E-state index contributed by atoms with van der Waals surface area (Å²) in [7, 11) is -1.73. The fraction of sp³-hybridized carbons (Fsp3) is 0.400. The number of hydrogen-bond acceptors (Lipinski definition) is 4. The van der Waals surface area contributed by atoms with Gasteiger partial charge in [-0.2, -0.15) is 0 Å². The summed E-state index contributed by atoms with van der Waals surface area (Å²) in [6, 6.07) is 12.9. The molecule has 0 bridgehead atoms. The second-order valence-corrected chi connectivity index (χ2v) is 10.7. The van der Waals surface area contributed by atoms with Crippen LogP contribution in [0.2, 0.25) is 0 Å². The van der Waals surface area contributed by atoms with Crippen LogP contribution < -0.4 is 15.5 Å². The van der Waals surface area contributed by atoms with E-state index in [4.69, 9.17) is 0 Å². The van der Waals surface area contributed by atoms with Crippen molar-refractivity contribution in [3.05, 3.63) is 59.2 Å². The van der Waals surface area contributed by atoms with Crippen molar-refractivity contribution in [2.75, 3.05) is 28.3 Å². The molecule has 0 spiro atoms. The Bertz CT molecular complexity index is 1040. The van der Waals surface area contributed by atoms with E-state index in [0.29, 0.717) is 11.4 Å². The fourth-order valence-electron chi connectivity index (χ4n) is 3.17. The number of anilines is 2. The monoisotopic (exact) mass is 471 g/mol. The molecule has 2 N–H and O–H groups in total. The van der Waals surface area contributed by atoms with Crippen LogP contribution >= 0.6 is 0 Å². The van der Waals surface area contributed by atoms with Gasteiger partial charge in [-0.3, -0.25) is 18.6 Å². The van der Waals surface area contributed by atoms with Gasteiger partial charge in [0.15, 0.2) is 0 Å². The molecule has 0 aliphatic heterocycles. The molecule has 0 aromatic heterocycles. The fourth-order valence-corrected chi connectivity index (χ4v) is 4.06. The minimum atomic E-state index is -1.73. The summed E-state index contributed by atoms with van der Waals surface area (Å²) in [5.74, 6) is -1.91. The Kier molecular flexibility index (Phi) is 8.93. The first kappa shape index (κ1) is 26.3. The van der Waals surface area contributed by atoms with Crippen molar-refractivity contribution in [2.45, 2.75) is 47.1 Å². The van der Waals surface area contributed by atoms with Crippen molar-refractivity contribution in [1.82, 2.24) is 5.32 Å². The van der Waals surface area contributed by atoms with Gasteiger partial charge in [0.2, 0.25) is 17.7 Å². The van der Waals surface area contributed by atoms with E-state index in [2.05, 4.69) is 10.6 Å². The van der Waals surface area contributed by atoms with Crippen LogP contribution in [-0.2, 0) is 25.2 Å². The lowest BCUT2D eigenvalue weighted by Crippen LogP contribution is -2.48. The lowest BCUT2D eigenvalue weighted by molar-refractivity contribution is -0.124. The Morgan fingerprint density at radius 3 is 2.09 bits per heavy atom. The minimum Gasteiger partial charge on any atom is -0.350 e. The molecular weight excluding hydrogens is 438 g/mol. The summed E-state index contributed by atoms with van der Waals surface area (Å²) in [5.41, 5.74) is 3.55. The summed E-state index contributed by atoms with van der Waals surface area (Å²) < 4.78 is 12.6. The molecule has 33 heavy (non-hydrogen) atoms. The van der Waals surface area contributed by atoms with Crippen molar-refractivity contribution >= 4 is 39.9 Å². The highest BCUT2D eigenvalue weighted by molar-refractivity contribution is 7.86. The highest BCUT2D eigenvalue weighted by atomic mass is 32.2. The maximum Gasteiger partial charge on any atom is 0.240 e. The lowest BCUT2D eigenvalue weighted by atomic mass is 10.1. The van der Waals surface area contributed by atoms with Crippen LogP contribution in [0.5, 0.6) is 0 Å². The molecule has 0 saturated carbocycles. The smallest absolute Gasteiger partial charge is 0.240 e. The van der Waals surface area contributed by atoms with Crippen molar-refractivity contribution in [3.63, 3.8) is 0 Å². The van der Waals surface area contributed by atoms with Gasteiger partial charge in [0.05, 0.1) is 0 Å². The molecule has 7 nitrogen and oxygen atoms in total. The first-order valence-electron chi connectivity index (χ1n) is 10.7. The van der Waals surface area contributed by atoms with Crippen LogP contribution in [0.4, 0.5) is 11.4 Å². The molecule has 8 heteroatoms. The molecule has 0 aliphatic rings. The molecule has 2 rings (SSSR count). The number of benzene rings is 2. The zero-order valence-corrected chi connectivity index (χ0v) is 21.0. The molecule has 0 aliphatic carbocycles. The lowest BCUT2D eigenvalue weighted by Gasteiger charge is -2.27. The van der Waals surface area contributed by atoms with Crippen LogP contribution in [0, 0.1) is 20.8 Å². The van der Waals surface area contributed by atoms with Gasteiger partial charge in [0, 0.05) is 27.7 Å². The summed E-state index contributed by atoms with van der Waals surface area (Å²) >= 11 is 0. The number of rotatable bonds is 8. The molecule has 1 unspecified atom stereocenters. The highest BCUT2D eigenvalue weighted by Crippen LogP contribution is 2.22. The van der Waals surface area contributed by atoms with Crippen LogP contribution in [0.1, 0.15) is 37.5 Å². The molecule has 3 amide bonds. The Morgan fingerprint density at radius 1 is 0.879 bits per heavy atom. The maximum absolute atomic E-state index is 13.1. The van der Waals surface area contributed by atoms with E-state index in [1.807, 2.05) is 71.9 Å². The van der Waals surface area contributed by atoms with E-state index in [1.165, 1.54) is 4.90 Å². The third-order valence-electron chi connectivity index (χ3n) is 4.68. The quantitative estimate of drug-likeness (QED) is 0.618. The summed E-state index contributed by atoms with van der Waals surface area (Å²) in [4.78, 5) is 39.3. The van der Waals surface area contributed by atoms with E-state index in [0.717, 1.165) is 16.7 Å². The Morgan fingerprint density at radius 2 is 1.48 bits per heavy atom. The predicted molar refractivity (Wildman–Crippen MR) is 134 cm³/mol. The number of nitrogens with zero attached hydrogens (tertiary/aromatic N) is 1. The first-order chi connectivity index (χ1) is 15.3. The predicted octanol–water partition coefficient (Wildman–Crippen LogP) is 3.25. The van der Waals surface area contributed by atoms with Gasteiger partial charge in [-0.25, -0.2) is 0 Å². The number of nitrogens with one attached hydrogen (secondary N) is 2. The normalized spacial score (nSPS) is 12.1. The number of amides is 3. The number of carbonyl (C=O) groups is 3. The molecule has 2 aromatic carbocycles. The summed E-state index contributed by atoms with van der Waals surface area (Å²) in [5, 5.41) is 5.54. The van der Waals surface area contributed by atoms with E-state index in [1.54, 1.807) is 12.1 Å². The zero-order valence-electron chi connectivity index (χ0n) is 20.2. The van der Waals surface area contributed by atoms with E-state index in [-0.39, 0.29) is 24.0 Å². The summed E-state index contributed by atoms with van der Waals surface area (Å²) in [6.07, 6.45) is 0. The van der Waals surface area contributed by atoms with Crippen molar-refractivity contribution in [2.24, 2.45) is 0 Å². The molecule has 1 atom stereocenters. The Balaban J connectivity index is 2.12. The zero-order chi connectivity index (χ0) is 24.8. The molecular formula is C25H33N3O4S. The standard InChI is InChI=1S/C25H33N3O4S/c1-17-8-11-20(12-9-17)26-23(30)15-33(32)16-24(31)28(14-22(29)27-25(4,5)6)21-13-18(2)7-10-19(21)3/h7-13H,14-16H2,1-6H3,(H,26,30)(H,27,29). The third-order valence-corrected chi connectivity index (χ3v) is 5.84. The highest BCUT2D eigenvalue weighted by Gasteiger charge is 2.25. The van der Waals surface area contributed by atoms with E-state index in [9.17, 15) is 18.6 Å². The Labute approximate surface area is 198 Å². The van der Waals surface area contributed by atoms with Gasteiger partial charge in [0.25, 0.3) is 0 Å². The minimum absolute atomic E-state index is 0.201. The van der Waals surface area contributed by atoms with E-state index >= 15 is 0 Å². The molecule has 2 aromatic rings. The second-order valence-electron chi connectivity index (χ2n) is 9.21. The average Bonchev–Trinajstić information content (AvgIpc) is 2.68. The van der Waals surface area contributed by atoms with Crippen LogP contribution in [0.3, 0.4) is 0 Å². The SMILES string of the molecule is Cc1ccc(NC(=O)CS(=O)CC(=O)N(CC(=O)NC(C)(C)C)c2cc(C)ccc2C)cc1. The molecule has 0 radical (unpaired) electrons. The second kappa shape index (κ2) is 11.2. The van der Waals surface area contributed by atoms with Gasteiger partial charge in [-0.15, -0.1) is 0 Å². The van der Waals surface area contributed by atoms with Gasteiger partial charge in [0.1, 0.15) is 18.1 Å². The molecule has 0 saturated heterocycles. The third kappa shape index (κ3) is 8.81. The first-order valence-corrected chi connectivity index (χ1v) is 12.2. The van der Waals surface area contributed by atoms with Crippen LogP contribution in [0.15, 0.2) is 42.5 Å². The van der Waals surface area contributed by atoms with Crippen molar-refractivity contribution in [3.8, 4) is 0 Å².